The molecule has 4 N–H and O–H groups in total. The predicted molar refractivity (Wildman–Crippen MR) is 195 cm³/mol. The number of carbonyl (C=O) groups excluding carboxylic acids is 4. The number of alkyl carbamates (subject to hydrolysis) is 2. The second-order valence-electron chi connectivity index (χ2n) is 14.4. The number of hydrogen-bond donors (Lipinski definition) is 4. The molecule has 2 aliphatic rings. The maximum absolute atomic E-state index is 14.7. The van der Waals surface area contributed by atoms with Crippen molar-refractivity contribution in [3.05, 3.63) is 60.3 Å². The molecule has 0 unspecified atom stereocenters. The minimum atomic E-state index is -1.22. The molecule has 0 radical (unpaired) electrons. The van der Waals surface area contributed by atoms with E-state index in [4.69, 9.17) is 14.5 Å². The van der Waals surface area contributed by atoms with Crippen LogP contribution in [0.25, 0.3) is 33.4 Å². The van der Waals surface area contributed by atoms with Crippen LogP contribution in [-0.4, -0.2) is 99.3 Å². The number of aromatic amines is 2. The Hall–Kier alpha value is -5.47. The number of benzene rings is 2. The first-order chi connectivity index (χ1) is 25.4. The average Bonchev–Trinajstić information content (AvgIpc) is 3.97. The van der Waals surface area contributed by atoms with Gasteiger partial charge in [-0.1, -0.05) is 58.0 Å². The number of fused-ring (bicyclic) bond motifs is 1. The van der Waals surface area contributed by atoms with Gasteiger partial charge in [0, 0.05) is 13.0 Å². The fourth-order valence-corrected chi connectivity index (χ4v) is 7.22. The van der Waals surface area contributed by atoms with Crippen molar-refractivity contribution in [3.8, 4) is 22.4 Å². The first-order valence-electron chi connectivity index (χ1n) is 18.0. The van der Waals surface area contributed by atoms with Gasteiger partial charge in [-0.2, -0.15) is 0 Å². The molecule has 2 aromatic heterocycles. The summed E-state index contributed by atoms with van der Waals surface area (Å²) in [5.74, 6) is 0.265. The second kappa shape index (κ2) is 15.6. The fourth-order valence-electron chi connectivity index (χ4n) is 7.22. The van der Waals surface area contributed by atoms with Gasteiger partial charge in [-0.25, -0.2) is 23.9 Å². The highest BCUT2D eigenvalue weighted by molar-refractivity contribution is 5.88. The molecule has 14 nitrogen and oxygen atoms in total. The lowest BCUT2D eigenvalue weighted by atomic mass is 10.0. The first kappa shape index (κ1) is 37.3. The Balaban J connectivity index is 1.17. The van der Waals surface area contributed by atoms with E-state index in [0.29, 0.717) is 18.2 Å². The molecule has 5 atom stereocenters. The second-order valence-corrected chi connectivity index (χ2v) is 14.4. The molecule has 0 saturated carbocycles. The van der Waals surface area contributed by atoms with Crippen LogP contribution >= 0.6 is 0 Å². The summed E-state index contributed by atoms with van der Waals surface area (Å²) in [6, 6.07) is 11.5. The van der Waals surface area contributed by atoms with Crippen LogP contribution in [-0.2, 0) is 19.1 Å². The summed E-state index contributed by atoms with van der Waals surface area (Å²) < 4.78 is 24.2. The van der Waals surface area contributed by atoms with Crippen molar-refractivity contribution < 1.29 is 33.0 Å². The molecule has 53 heavy (non-hydrogen) atoms. The molecule has 2 aliphatic heterocycles. The molecule has 0 bridgehead atoms. The van der Waals surface area contributed by atoms with Gasteiger partial charge in [0.05, 0.1) is 55.8 Å². The van der Waals surface area contributed by atoms with Crippen molar-refractivity contribution in [1.82, 2.24) is 40.4 Å². The fraction of sp³-hybridized carbons (Fsp3) is 0.474. The van der Waals surface area contributed by atoms with E-state index in [2.05, 4.69) is 25.6 Å². The van der Waals surface area contributed by atoms with Crippen LogP contribution in [0.4, 0.5) is 14.0 Å². The third kappa shape index (κ3) is 7.83. The summed E-state index contributed by atoms with van der Waals surface area (Å²) in [6.45, 7) is 7.87. The van der Waals surface area contributed by atoms with Crippen molar-refractivity contribution in [2.45, 2.75) is 77.3 Å². The normalized spacial score (nSPS) is 19.8. The van der Waals surface area contributed by atoms with Crippen LogP contribution in [0, 0.1) is 11.8 Å². The zero-order valence-corrected chi connectivity index (χ0v) is 30.8. The summed E-state index contributed by atoms with van der Waals surface area (Å²) in [6.07, 6.45) is 0.767. The Kier molecular flexibility index (Phi) is 11.0. The third-order valence-electron chi connectivity index (χ3n) is 10.1. The van der Waals surface area contributed by atoms with Crippen LogP contribution < -0.4 is 10.6 Å². The third-order valence-corrected chi connectivity index (χ3v) is 10.1. The van der Waals surface area contributed by atoms with E-state index in [-0.39, 0.29) is 42.7 Å². The van der Waals surface area contributed by atoms with Gasteiger partial charge in [-0.3, -0.25) is 9.59 Å². The quantitative estimate of drug-likeness (QED) is 0.162. The van der Waals surface area contributed by atoms with Crippen molar-refractivity contribution in [2.75, 3.05) is 27.3 Å². The maximum Gasteiger partial charge on any atom is 0.407 e. The highest BCUT2D eigenvalue weighted by atomic mass is 19.1. The molecule has 15 heteroatoms. The van der Waals surface area contributed by atoms with Crippen LogP contribution in [0.5, 0.6) is 0 Å². The number of imidazole rings is 2. The van der Waals surface area contributed by atoms with E-state index in [0.717, 1.165) is 46.3 Å². The summed E-state index contributed by atoms with van der Waals surface area (Å²) in [5.41, 5.74) is 5.16. The molecule has 4 aromatic rings. The molecule has 4 amide bonds. The smallest absolute Gasteiger partial charge is 0.407 e. The minimum Gasteiger partial charge on any atom is -0.453 e. The van der Waals surface area contributed by atoms with E-state index in [1.807, 2.05) is 56.3 Å². The van der Waals surface area contributed by atoms with E-state index in [1.54, 1.807) is 24.9 Å². The summed E-state index contributed by atoms with van der Waals surface area (Å²) >= 11 is 0. The molecule has 2 fully saturated rings. The molecule has 6 rings (SSSR count). The number of H-pyrrole nitrogens is 2. The van der Waals surface area contributed by atoms with Gasteiger partial charge >= 0.3 is 12.2 Å². The SMILES string of the molecule is COC(=O)N[C@H](C(=O)N1C[C@H](F)C[C@H]1c1ncc(-c2ccc(-c3ccc4nc([C@@H]5CCCN5C(=O)[C@@H](NC(=O)OC)C(C)C)[nH]c4c3)cc2)[nH]1)C(C)C. The number of hydrogen-bond acceptors (Lipinski definition) is 8. The largest absolute Gasteiger partial charge is 0.453 e. The Morgan fingerprint density at radius 2 is 1.42 bits per heavy atom. The number of amides is 4. The van der Waals surface area contributed by atoms with Crippen molar-refractivity contribution in [2.24, 2.45) is 11.8 Å². The molecule has 0 aliphatic carbocycles. The number of aromatic nitrogens is 4. The number of ether oxygens (including phenoxy) is 2. The molecule has 4 heterocycles. The lowest BCUT2D eigenvalue weighted by Gasteiger charge is -2.29. The number of likely N-dealkylation sites (tertiary alicyclic amines) is 2. The highest BCUT2D eigenvalue weighted by Gasteiger charge is 2.42. The number of methoxy groups -OCH3 is 2. The number of alkyl halides is 1. The monoisotopic (exact) mass is 730 g/mol. The zero-order valence-electron chi connectivity index (χ0n) is 30.8. The van der Waals surface area contributed by atoms with Gasteiger partial charge in [0.25, 0.3) is 0 Å². The number of nitrogens with one attached hydrogen (secondary N) is 4. The Morgan fingerprint density at radius 3 is 2.04 bits per heavy atom. The summed E-state index contributed by atoms with van der Waals surface area (Å²) in [5, 5.41) is 5.27. The van der Waals surface area contributed by atoms with Gasteiger partial charge in [0.2, 0.25) is 11.8 Å². The van der Waals surface area contributed by atoms with Gasteiger partial charge in [0.1, 0.15) is 29.9 Å². The number of halogens is 1. The molecular formula is C38H47FN8O6. The molecule has 0 spiro atoms. The van der Waals surface area contributed by atoms with E-state index >= 15 is 0 Å². The van der Waals surface area contributed by atoms with E-state index < -0.39 is 36.5 Å². The Labute approximate surface area is 307 Å². The molecular weight excluding hydrogens is 683 g/mol. The molecule has 282 valence electrons. The highest BCUT2D eigenvalue weighted by Crippen LogP contribution is 2.36. The van der Waals surface area contributed by atoms with Gasteiger partial charge < -0.3 is 39.9 Å². The van der Waals surface area contributed by atoms with Crippen LogP contribution in [0.1, 0.15) is 70.7 Å². The predicted octanol–water partition coefficient (Wildman–Crippen LogP) is 5.66. The van der Waals surface area contributed by atoms with Crippen LogP contribution in [0.15, 0.2) is 48.7 Å². The van der Waals surface area contributed by atoms with Crippen molar-refractivity contribution in [1.29, 1.82) is 0 Å². The number of carbonyl (C=O) groups is 4. The van der Waals surface area contributed by atoms with Crippen LogP contribution in [0.3, 0.4) is 0 Å². The Morgan fingerprint density at radius 1 is 0.811 bits per heavy atom. The van der Waals surface area contributed by atoms with Crippen LogP contribution in [0.2, 0.25) is 0 Å². The van der Waals surface area contributed by atoms with E-state index in [1.165, 1.54) is 19.1 Å². The number of rotatable bonds is 10. The average molecular weight is 731 g/mol. The van der Waals surface area contributed by atoms with Gasteiger partial charge in [0.15, 0.2) is 0 Å². The van der Waals surface area contributed by atoms with Crippen molar-refractivity contribution in [3.63, 3.8) is 0 Å². The van der Waals surface area contributed by atoms with Gasteiger partial charge in [-0.15, -0.1) is 0 Å². The summed E-state index contributed by atoms with van der Waals surface area (Å²) in [4.78, 5) is 70.3. The molecule has 2 aromatic carbocycles. The molecule has 2 saturated heterocycles. The lowest BCUT2D eigenvalue weighted by Crippen LogP contribution is -2.51. The zero-order chi connectivity index (χ0) is 38.0. The standard InChI is InChI=1S/C38H47FN8O6/c1-20(2)31(44-37(50)52-5)35(48)46-15-7-8-29(46)34-41-26-14-13-24(16-27(26)42-34)22-9-11-23(12-10-22)28-18-40-33(43-28)30-17-25(39)19-47(30)36(49)32(21(3)4)45-38(51)53-6/h9-14,16,18,20-21,25,29-32H,7-8,15,17,19H2,1-6H3,(H,40,43)(H,41,42)(H,44,50)(H,45,51)/t25-,29+,30+,31+,32+/m1/s1. The van der Waals surface area contributed by atoms with E-state index in [9.17, 15) is 23.6 Å². The number of nitrogens with zero attached hydrogens (tertiary/aromatic N) is 4. The Bertz CT molecular complexity index is 1960. The van der Waals surface area contributed by atoms with Crippen molar-refractivity contribution >= 4 is 35.0 Å². The topological polar surface area (TPSA) is 175 Å². The summed E-state index contributed by atoms with van der Waals surface area (Å²) in [7, 11) is 2.51. The first-order valence-corrected chi connectivity index (χ1v) is 18.0. The van der Waals surface area contributed by atoms with Gasteiger partial charge in [-0.05, 0) is 53.5 Å². The minimum absolute atomic E-state index is 0.0906. The lowest BCUT2D eigenvalue weighted by molar-refractivity contribution is -0.136. The maximum atomic E-state index is 14.7.